The minimum absolute atomic E-state index is 0.0714. The van der Waals surface area contributed by atoms with Crippen LogP contribution in [0.25, 0.3) is 0 Å². The lowest BCUT2D eigenvalue weighted by atomic mass is 9.98. The highest BCUT2D eigenvalue weighted by Gasteiger charge is 2.41. The molecule has 2 atom stereocenters. The Balaban J connectivity index is 1.81. The quantitative estimate of drug-likeness (QED) is 0.661. The fourth-order valence-electron chi connectivity index (χ4n) is 3.50. The van der Waals surface area contributed by atoms with Crippen LogP contribution in [-0.4, -0.2) is 14.7 Å². The van der Waals surface area contributed by atoms with Crippen LogP contribution < -0.4 is 10.2 Å². The van der Waals surface area contributed by atoms with E-state index in [9.17, 15) is 4.39 Å². The molecule has 4 rings (SSSR count). The Morgan fingerprint density at radius 2 is 1.89 bits per heavy atom. The molecule has 3 aromatic rings. The van der Waals surface area contributed by atoms with Gasteiger partial charge in [-0.3, -0.25) is 4.98 Å². The number of nitrogens with zero attached hydrogens (tertiary/aromatic N) is 3. The number of pyridine rings is 1. The zero-order valence-corrected chi connectivity index (χ0v) is 16.0. The molecule has 1 fully saturated rings. The van der Waals surface area contributed by atoms with Crippen molar-refractivity contribution in [1.29, 1.82) is 0 Å². The third kappa shape index (κ3) is 3.32. The van der Waals surface area contributed by atoms with Gasteiger partial charge in [0.1, 0.15) is 5.82 Å². The maximum Gasteiger partial charge on any atom is 0.174 e. The molecule has 4 nitrogen and oxygen atoms in total. The first-order valence-electron chi connectivity index (χ1n) is 8.98. The number of nitrogens with one attached hydrogen (secondary N) is 1. The molecule has 0 spiro atoms. The molecule has 1 N–H and O–H groups in total. The summed E-state index contributed by atoms with van der Waals surface area (Å²) in [5.41, 5.74) is 2.91. The Morgan fingerprint density at radius 1 is 1.11 bits per heavy atom. The summed E-state index contributed by atoms with van der Waals surface area (Å²) in [6.07, 6.45) is 6.02. The van der Waals surface area contributed by atoms with Crippen molar-refractivity contribution in [1.82, 2.24) is 14.9 Å². The Hall–Kier alpha value is -2.73. The third-order valence-corrected chi connectivity index (χ3v) is 5.19. The van der Waals surface area contributed by atoms with Crippen molar-refractivity contribution in [2.45, 2.75) is 32.0 Å². The van der Waals surface area contributed by atoms with E-state index >= 15 is 0 Å². The van der Waals surface area contributed by atoms with Crippen molar-refractivity contribution in [2.24, 2.45) is 0 Å². The maximum absolute atomic E-state index is 13.4. The molecule has 1 aliphatic heterocycles. The minimum atomic E-state index is -0.263. The first-order valence-corrected chi connectivity index (χ1v) is 9.39. The third-order valence-electron chi connectivity index (χ3n) is 4.88. The average Bonchev–Trinajstić information content (AvgIpc) is 3.28. The first kappa shape index (κ1) is 17.7. The van der Waals surface area contributed by atoms with Gasteiger partial charge in [-0.05, 0) is 74.1 Å². The average molecular weight is 380 g/mol. The zero-order valence-electron chi connectivity index (χ0n) is 15.2. The molecular formula is C21H21FN4S. The summed E-state index contributed by atoms with van der Waals surface area (Å²) >= 11 is 5.65. The van der Waals surface area contributed by atoms with E-state index in [1.165, 1.54) is 12.1 Å². The highest BCUT2D eigenvalue weighted by Crippen LogP contribution is 2.41. The van der Waals surface area contributed by atoms with Crippen molar-refractivity contribution in [2.75, 3.05) is 4.90 Å². The predicted molar refractivity (Wildman–Crippen MR) is 109 cm³/mol. The van der Waals surface area contributed by atoms with Crippen molar-refractivity contribution in [3.8, 4) is 0 Å². The summed E-state index contributed by atoms with van der Waals surface area (Å²) in [5, 5.41) is 4.02. The molecule has 1 saturated heterocycles. The highest BCUT2D eigenvalue weighted by atomic mass is 32.1. The van der Waals surface area contributed by atoms with Crippen LogP contribution in [0.15, 0.2) is 67.1 Å². The number of rotatable bonds is 4. The van der Waals surface area contributed by atoms with Gasteiger partial charge in [-0.2, -0.15) is 0 Å². The van der Waals surface area contributed by atoms with Crippen LogP contribution >= 0.6 is 12.2 Å². The molecule has 27 heavy (non-hydrogen) atoms. The number of hydrogen-bond acceptors (Lipinski definition) is 2. The van der Waals surface area contributed by atoms with E-state index in [2.05, 4.69) is 47.2 Å². The molecule has 0 saturated carbocycles. The standard InChI is InChI=1S/C21H21FN4S/c1-14(2)25-12-10-15(13-25)20-19(18-5-3-4-11-23-18)24-21(27)26(20)17-8-6-16(22)7-9-17/h3-14,19-20H,1-2H3,(H,24,27)/t19-,20-/m1/s1. The Morgan fingerprint density at radius 3 is 2.52 bits per heavy atom. The van der Waals surface area contributed by atoms with Crippen molar-refractivity contribution >= 4 is 23.0 Å². The normalized spacial score (nSPS) is 19.6. The summed E-state index contributed by atoms with van der Waals surface area (Å²) in [4.78, 5) is 6.59. The van der Waals surface area contributed by atoms with Crippen LogP contribution in [0, 0.1) is 5.82 Å². The smallest absolute Gasteiger partial charge is 0.174 e. The van der Waals surface area contributed by atoms with Gasteiger partial charge in [0, 0.05) is 30.3 Å². The summed E-state index contributed by atoms with van der Waals surface area (Å²) in [5.74, 6) is -0.263. The van der Waals surface area contributed by atoms with Crippen molar-refractivity contribution < 1.29 is 4.39 Å². The molecule has 1 aliphatic rings. The van der Waals surface area contributed by atoms with Crippen LogP contribution in [0.4, 0.5) is 10.1 Å². The monoisotopic (exact) mass is 380 g/mol. The second-order valence-corrected chi connectivity index (χ2v) is 7.35. The van der Waals surface area contributed by atoms with Crippen LogP contribution in [0.1, 0.15) is 43.2 Å². The zero-order chi connectivity index (χ0) is 19.0. The fourth-order valence-corrected chi connectivity index (χ4v) is 3.85. The lowest BCUT2D eigenvalue weighted by Gasteiger charge is -2.27. The van der Waals surface area contributed by atoms with E-state index in [-0.39, 0.29) is 17.9 Å². The molecular weight excluding hydrogens is 359 g/mol. The molecule has 0 unspecified atom stereocenters. The first-order chi connectivity index (χ1) is 13.0. The molecule has 138 valence electrons. The van der Waals surface area contributed by atoms with E-state index in [1.54, 1.807) is 18.3 Å². The van der Waals surface area contributed by atoms with E-state index in [4.69, 9.17) is 12.2 Å². The number of benzene rings is 1. The van der Waals surface area contributed by atoms with Gasteiger partial charge in [0.15, 0.2) is 5.11 Å². The topological polar surface area (TPSA) is 33.1 Å². The molecule has 6 heteroatoms. The van der Waals surface area contributed by atoms with Crippen LogP contribution in [0.3, 0.4) is 0 Å². The fraction of sp³-hybridized carbons (Fsp3) is 0.238. The van der Waals surface area contributed by atoms with Crippen LogP contribution in [0.2, 0.25) is 0 Å². The molecule has 2 aromatic heterocycles. The molecule has 3 heterocycles. The SMILES string of the molecule is CC(C)n1ccc([C@@H]2[C@@H](c3ccccn3)NC(=S)N2c2ccc(F)cc2)c1. The van der Waals surface area contributed by atoms with Crippen LogP contribution in [-0.2, 0) is 0 Å². The van der Waals surface area contributed by atoms with Gasteiger partial charge >= 0.3 is 0 Å². The van der Waals surface area contributed by atoms with Gasteiger partial charge in [0.25, 0.3) is 0 Å². The van der Waals surface area contributed by atoms with E-state index in [1.807, 2.05) is 23.1 Å². The Kier molecular flexibility index (Phi) is 4.66. The Bertz CT molecular complexity index is 936. The summed E-state index contributed by atoms with van der Waals surface area (Å²) < 4.78 is 15.6. The van der Waals surface area contributed by atoms with Gasteiger partial charge in [0.2, 0.25) is 0 Å². The summed E-state index contributed by atoms with van der Waals surface area (Å²) in [6, 6.07) is 14.6. The minimum Gasteiger partial charge on any atom is -0.351 e. The molecule has 1 aromatic carbocycles. The predicted octanol–water partition coefficient (Wildman–Crippen LogP) is 4.78. The summed E-state index contributed by atoms with van der Waals surface area (Å²) in [6.45, 7) is 4.30. The highest BCUT2D eigenvalue weighted by molar-refractivity contribution is 7.80. The van der Waals surface area contributed by atoms with Gasteiger partial charge in [-0.1, -0.05) is 6.07 Å². The maximum atomic E-state index is 13.4. The van der Waals surface area contributed by atoms with Crippen molar-refractivity contribution in [3.63, 3.8) is 0 Å². The summed E-state index contributed by atoms with van der Waals surface area (Å²) in [7, 11) is 0. The Labute approximate surface area is 163 Å². The number of hydrogen-bond donors (Lipinski definition) is 1. The molecule has 0 radical (unpaired) electrons. The van der Waals surface area contributed by atoms with Gasteiger partial charge in [-0.15, -0.1) is 0 Å². The number of thiocarbonyl (C=S) groups is 1. The number of aromatic nitrogens is 2. The molecule has 0 bridgehead atoms. The number of halogens is 1. The van der Waals surface area contributed by atoms with E-state index in [0.717, 1.165) is 16.9 Å². The van der Waals surface area contributed by atoms with E-state index < -0.39 is 0 Å². The lowest BCUT2D eigenvalue weighted by Crippen LogP contribution is -2.29. The van der Waals surface area contributed by atoms with Crippen molar-refractivity contribution in [3.05, 3.63) is 84.2 Å². The van der Waals surface area contributed by atoms with Gasteiger partial charge in [-0.25, -0.2) is 4.39 Å². The van der Waals surface area contributed by atoms with Gasteiger partial charge < -0.3 is 14.8 Å². The second kappa shape index (κ2) is 7.12. The van der Waals surface area contributed by atoms with E-state index in [0.29, 0.717) is 11.2 Å². The second-order valence-electron chi connectivity index (χ2n) is 6.96. The van der Waals surface area contributed by atoms with Gasteiger partial charge in [0.05, 0.1) is 17.8 Å². The largest absolute Gasteiger partial charge is 0.351 e. The lowest BCUT2D eigenvalue weighted by molar-refractivity contribution is 0.559. The molecule has 0 aliphatic carbocycles. The molecule has 0 amide bonds. The number of anilines is 1. The van der Waals surface area contributed by atoms with Crippen LogP contribution in [0.5, 0.6) is 0 Å².